The second-order valence-corrected chi connectivity index (χ2v) is 2.58. The number of aryl methyl sites for hydroxylation is 1. The Kier molecular flexibility index (Phi) is 1.22. The van der Waals surface area contributed by atoms with E-state index in [-0.39, 0.29) is 5.95 Å². The van der Waals surface area contributed by atoms with Crippen molar-refractivity contribution in [1.82, 2.24) is 4.57 Å². The Morgan fingerprint density at radius 2 is 2.00 bits per heavy atom. The molecule has 11 heavy (non-hydrogen) atoms. The first-order valence-electron chi connectivity index (χ1n) is 3.49. The van der Waals surface area contributed by atoms with Crippen molar-refractivity contribution < 1.29 is 4.39 Å². The lowest BCUT2D eigenvalue weighted by atomic mass is 10.2. The van der Waals surface area contributed by atoms with Crippen LogP contribution in [0.15, 0.2) is 30.3 Å². The number of aromatic nitrogens is 1. The number of hydrogen-bond acceptors (Lipinski definition) is 0. The zero-order valence-electron chi connectivity index (χ0n) is 6.21. The van der Waals surface area contributed by atoms with E-state index in [0.717, 1.165) is 10.9 Å². The molecule has 0 amide bonds. The highest BCUT2D eigenvalue weighted by molar-refractivity contribution is 5.79. The van der Waals surface area contributed by atoms with Gasteiger partial charge in [-0.2, -0.15) is 4.39 Å². The minimum atomic E-state index is -0.189. The van der Waals surface area contributed by atoms with Crippen LogP contribution >= 0.6 is 0 Å². The molecular weight excluding hydrogens is 141 g/mol. The predicted molar refractivity (Wildman–Crippen MR) is 42.9 cm³/mol. The van der Waals surface area contributed by atoms with Crippen LogP contribution in [0.25, 0.3) is 10.9 Å². The summed E-state index contributed by atoms with van der Waals surface area (Å²) in [7, 11) is 1.72. The molecule has 0 saturated carbocycles. The minimum Gasteiger partial charge on any atom is -0.321 e. The van der Waals surface area contributed by atoms with Crippen molar-refractivity contribution in [3.05, 3.63) is 36.3 Å². The lowest BCUT2D eigenvalue weighted by Crippen LogP contribution is -1.89. The Hall–Kier alpha value is -1.31. The van der Waals surface area contributed by atoms with E-state index in [9.17, 15) is 4.39 Å². The van der Waals surface area contributed by atoms with E-state index < -0.39 is 0 Å². The lowest BCUT2D eigenvalue weighted by Gasteiger charge is -1.93. The molecule has 0 N–H and O–H groups in total. The van der Waals surface area contributed by atoms with Crippen LogP contribution in [-0.4, -0.2) is 4.57 Å². The zero-order valence-corrected chi connectivity index (χ0v) is 6.21. The molecule has 0 fully saturated rings. The van der Waals surface area contributed by atoms with Gasteiger partial charge in [0, 0.05) is 18.5 Å². The van der Waals surface area contributed by atoms with Crippen molar-refractivity contribution in [2.45, 2.75) is 0 Å². The molecular formula is C9H8FN. The van der Waals surface area contributed by atoms with Gasteiger partial charge in [0.1, 0.15) is 0 Å². The maximum atomic E-state index is 12.9. The van der Waals surface area contributed by atoms with Gasteiger partial charge in [0.25, 0.3) is 0 Å². The number of rotatable bonds is 0. The van der Waals surface area contributed by atoms with Gasteiger partial charge in [0.15, 0.2) is 5.95 Å². The fraction of sp³-hybridized carbons (Fsp3) is 0.111. The quantitative estimate of drug-likeness (QED) is 0.541. The van der Waals surface area contributed by atoms with Crippen LogP contribution in [0.5, 0.6) is 0 Å². The van der Waals surface area contributed by atoms with Gasteiger partial charge in [-0.05, 0) is 6.07 Å². The molecule has 0 bridgehead atoms. The van der Waals surface area contributed by atoms with Gasteiger partial charge in [-0.25, -0.2) is 0 Å². The second-order valence-electron chi connectivity index (χ2n) is 2.58. The SMILES string of the molecule is Cn1c(F)cc2ccccc21. The highest BCUT2D eigenvalue weighted by atomic mass is 19.1. The molecule has 1 nitrogen and oxygen atoms in total. The van der Waals surface area contributed by atoms with Gasteiger partial charge in [-0.3, -0.25) is 0 Å². The van der Waals surface area contributed by atoms with Crippen LogP contribution in [-0.2, 0) is 7.05 Å². The maximum Gasteiger partial charge on any atom is 0.194 e. The number of halogens is 1. The van der Waals surface area contributed by atoms with E-state index in [2.05, 4.69) is 0 Å². The first-order chi connectivity index (χ1) is 5.29. The fourth-order valence-electron chi connectivity index (χ4n) is 1.26. The molecule has 2 heteroatoms. The van der Waals surface area contributed by atoms with Gasteiger partial charge < -0.3 is 4.57 Å². The summed E-state index contributed by atoms with van der Waals surface area (Å²) in [5.74, 6) is -0.189. The van der Waals surface area contributed by atoms with Gasteiger partial charge in [-0.1, -0.05) is 18.2 Å². The smallest absolute Gasteiger partial charge is 0.194 e. The molecule has 0 radical (unpaired) electrons. The standard InChI is InChI=1S/C9H8FN/c1-11-8-5-3-2-4-7(8)6-9(11)10/h2-6H,1H3. The van der Waals surface area contributed by atoms with Crippen molar-refractivity contribution in [2.24, 2.45) is 7.05 Å². The molecule has 1 heterocycles. The largest absolute Gasteiger partial charge is 0.321 e. The predicted octanol–water partition coefficient (Wildman–Crippen LogP) is 2.32. The lowest BCUT2D eigenvalue weighted by molar-refractivity contribution is 0.542. The van der Waals surface area contributed by atoms with Crippen LogP contribution in [0.3, 0.4) is 0 Å². The van der Waals surface area contributed by atoms with Crippen molar-refractivity contribution in [1.29, 1.82) is 0 Å². The molecule has 1 aromatic carbocycles. The first-order valence-corrected chi connectivity index (χ1v) is 3.49. The molecule has 2 aromatic rings. The van der Waals surface area contributed by atoms with Gasteiger partial charge >= 0.3 is 0 Å². The van der Waals surface area contributed by atoms with Gasteiger partial charge in [0.2, 0.25) is 0 Å². The van der Waals surface area contributed by atoms with Crippen molar-refractivity contribution >= 4 is 10.9 Å². The fourth-order valence-corrected chi connectivity index (χ4v) is 1.26. The molecule has 0 aliphatic rings. The zero-order chi connectivity index (χ0) is 7.84. The topological polar surface area (TPSA) is 4.93 Å². The molecule has 0 unspecified atom stereocenters. The summed E-state index contributed by atoms with van der Waals surface area (Å²) in [5, 5.41) is 0.951. The minimum absolute atomic E-state index is 0.189. The summed E-state index contributed by atoms with van der Waals surface area (Å²) in [6.07, 6.45) is 0. The maximum absolute atomic E-state index is 12.9. The Morgan fingerprint density at radius 1 is 1.27 bits per heavy atom. The Labute approximate surface area is 64.1 Å². The van der Waals surface area contributed by atoms with E-state index in [4.69, 9.17) is 0 Å². The summed E-state index contributed by atoms with van der Waals surface area (Å²) in [6.45, 7) is 0. The van der Waals surface area contributed by atoms with E-state index in [1.165, 1.54) is 10.6 Å². The average molecular weight is 149 g/mol. The molecule has 0 atom stereocenters. The van der Waals surface area contributed by atoms with Crippen molar-refractivity contribution in [3.63, 3.8) is 0 Å². The highest BCUT2D eigenvalue weighted by Crippen LogP contribution is 2.16. The molecule has 1 aromatic heterocycles. The van der Waals surface area contributed by atoms with Crippen LogP contribution in [0, 0.1) is 5.95 Å². The molecule has 0 aliphatic carbocycles. The normalized spacial score (nSPS) is 10.7. The molecule has 0 aliphatic heterocycles. The van der Waals surface area contributed by atoms with Crippen LogP contribution in [0.2, 0.25) is 0 Å². The highest BCUT2D eigenvalue weighted by Gasteiger charge is 2.01. The van der Waals surface area contributed by atoms with E-state index in [1.54, 1.807) is 7.05 Å². The number of benzene rings is 1. The molecule has 2 rings (SSSR count). The number of fused-ring (bicyclic) bond motifs is 1. The van der Waals surface area contributed by atoms with E-state index in [1.807, 2.05) is 24.3 Å². The number of nitrogens with zero attached hydrogens (tertiary/aromatic N) is 1. The second kappa shape index (κ2) is 2.09. The molecule has 56 valence electrons. The van der Waals surface area contributed by atoms with E-state index >= 15 is 0 Å². The van der Waals surface area contributed by atoms with Crippen LogP contribution in [0.1, 0.15) is 0 Å². The van der Waals surface area contributed by atoms with Gasteiger partial charge in [-0.15, -0.1) is 0 Å². The monoisotopic (exact) mass is 149 g/mol. The molecule has 0 spiro atoms. The Bertz CT molecular complexity index is 389. The summed E-state index contributed by atoms with van der Waals surface area (Å²) in [4.78, 5) is 0. The van der Waals surface area contributed by atoms with Crippen LogP contribution < -0.4 is 0 Å². The Morgan fingerprint density at radius 3 is 2.73 bits per heavy atom. The third kappa shape index (κ3) is 0.827. The van der Waals surface area contributed by atoms with Gasteiger partial charge in [0.05, 0.1) is 5.52 Å². The number of para-hydroxylation sites is 1. The van der Waals surface area contributed by atoms with E-state index in [0.29, 0.717) is 0 Å². The third-order valence-electron chi connectivity index (χ3n) is 1.89. The third-order valence-corrected chi connectivity index (χ3v) is 1.89. The van der Waals surface area contributed by atoms with Crippen molar-refractivity contribution in [3.8, 4) is 0 Å². The average Bonchev–Trinajstić information content (AvgIpc) is 2.30. The summed E-state index contributed by atoms with van der Waals surface area (Å²) >= 11 is 0. The molecule has 0 saturated heterocycles. The Balaban J connectivity index is 2.92. The summed E-state index contributed by atoms with van der Waals surface area (Å²) in [6, 6.07) is 9.15. The first kappa shape index (κ1) is 6.40. The number of hydrogen-bond donors (Lipinski definition) is 0. The van der Waals surface area contributed by atoms with Crippen molar-refractivity contribution in [2.75, 3.05) is 0 Å². The summed E-state index contributed by atoms with van der Waals surface area (Å²) < 4.78 is 14.4. The van der Waals surface area contributed by atoms with Crippen LogP contribution in [0.4, 0.5) is 4.39 Å². The summed E-state index contributed by atoms with van der Waals surface area (Å²) in [5.41, 5.74) is 0.935.